The third kappa shape index (κ3) is 4.41. The maximum atomic E-state index is 5.83. The minimum absolute atomic E-state index is 0.777. The van der Waals surface area contributed by atoms with Crippen LogP contribution < -0.4 is 0 Å². The molecule has 0 amide bonds. The molecule has 0 spiro atoms. The van der Waals surface area contributed by atoms with E-state index in [-0.39, 0.29) is 0 Å². The first kappa shape index (κ1) is 12.7. The molecule has 0 bridgehead atoms. The highest BCUT2D eigenvalue weighted by atomic mass is 35.5. The van der Waals surface area contributed by atoms with Gasteiger partial charge in [-0.3, -0.25) is 4.90 Å². The summed E-state index contributed by atoms with van der Waals surface area (Å²) in [4.78, 5) is 2.65. The summed E-state index contributed by atoms with van der Waals surface area (Å²) in [5.74, 6) is 3.35. The van der Waals surface area contributed by atoms with E-state index >= 15 is 0 Å². The molecule has 1 saturated heterocycles. The molecule has 0 radical (unpaired) electrons. The standard InChI is InChI=1S/C11H22ClNS/c1-2-14-10-9-13-8-4-3-5-11(13)6-7-12/h11H,2-10H2,1H3. The molecule has 0 saturated carbocycles. The van der Waals surface area contributed by atoms with Crippen molar-refractivity contribution in [2.45, 2.75) is 38.6 Å². The lowest BCUT2D eigenvalue weighted by Crippen LogP contribution is -2.41. The zero-order chi connectivity index (χ0) is 10.2. The zero-order valence-electron chi connectivity index (χ0n) is 9.17. The Morgan fingerprint density at radius 3 is 3.00 bits per heavy atom. The van der Waals surface area contributed by atoms with Crippen molar-refractivity contribution in [1.82, 2.24) is 4.90 Å². The monoisotopic (exact) mass is 235 g/mol. The van der Waals surface area contributed by atoms with E-state index in [9.17, 15) is 0 Å². The number of thioether (sulfide) groups is 1. The van der Waals surface area contributed by atoms with Crippen LogP contribution in [0.1, 0.15) is 32.6 Å². The first-order valence-corrected chi connectivity index (χ1v) is 7.45. The van der Waals surface area contributed by atoms with Gasteiger partial charge < -0.3 is 0 Å². The van der Waals surface area contributed by atoms with Gasteiger partial charge in [0.05, 0.1) is 0 Å². The second-order valence-electron chi connectivity index (χ2n) is 3.86. The first-order chi connectivity index (χ1) is 6.88. The average molecular weight is 236 g/mol. The van der Waals surface area contributed by atoms with Gasteiger partial charge in [0.2, 0.25) is 0 Å². The number of hydrogen-bond acceptors (Lipinski definition) is 2. The summed E-state index contributed by atoms with van der Waals surface area (Å²) >= 11 is 7.88. The van der Waals surface area contributed by atoms with Crippen molar-refractivity contribution in [1.29, 1.82) is 0 Å². The lowest BCUT2D eigenvalue weighted by Gasteiger charge is -2.35. The van der Waals surface area contributed by atoms with E-state index in [1.807, 2.05) is 11.8 Å². The van der Waals surface area contributed by atoms with E-state index < -0.39 is 0 Å². The van der Waals surface area contributed by atoms with Crippen LogP contribution in [-0.4, -0.2) is 41.4 Å². The van der Waals surface area contributed by atoms with Crippen LogP contribution in [-0.2, 0) is 0 Å². The van der Waals surface area contributed by atoms with Gasteiger partial charge in [0, 0.05) is 24.2 Å². The fourth-order valence-corrected chi connectivity index (χ4v) is 3.04. The molecule has 0 N–H and O–H groups in total. The molecule has 1 heterocycles. The highest BCUT2D eigenvalue weighted by Crippen LogP contribution is 2.20. The second kappa shape index (κ2) is 7.84. The van der Waals surface area contributed by atoms with E-state index in [4.69, 9.17) is 11.6 Å². The summed E-state index contributed by atoms with van der Waals surface area (Å²) in [6.45, 7) is 4.79. The molecule has 0 aromatic carbocycles. The van der Waals surface area contributed by atoms with Crippen molar-refractivity contribution in [3.05, 3.63) is 0 Å². The molecule has 1 aliphatic rings. The van der Waals surface area contributed by atoms with Gasteiger partial charge in [-0.1, -0.05) is 13.3 Å². The Bertz CT molecular complexity index is 141. The van der Waals surface area contributed by atoms with Crippen molar-refractivity contribution in [3.8, 4) is 0 Å². The SMILES string of the molecule is CCSCCN1CCCCC1CCCl. The maximum Gasteiger partial charge on any atom is 0.0238 e. The van der Waals surface area contributed by atoms with Gasteiger partial charge in [0.1, 0.15) is 0 Å². The molecular weight excluding hydrogens is 214 g/mol. The van der Waals surface area contributed by atoms with E-state index in [0.29, 0.717) is 0 Å². The van der Waals surface area contributed by atoms with Crippen molar-refractivity contribution in [2.24, 2.45) is 0 Å². The van der Waals surface area contributed by atoms with E-state index in [0.717, 1.165) is 11.9 Å². The highest BCUT2D eigenvalue weighted by Gasteiger charge is 2.20. The molecule has 0 aromatic rings. The lowest BCUT2D eigenvalue weighted by atomic mass is 10.0. The molecule has 1 nitrogen and oxygen atoms in total. The highest BCUT2D eigenvalue weighted by molar-refractivity contribution is 7.99. The van der Waals surface area contributed by atoms with Gasteiger partial charge >= 0.3 is 0 Å². The number of halogens is 1. The maximum absolute atomic E-state index is 5.83. The van der Waals surface area contributed by atoms with Crippen LogP contribution in [0.4, 0.5) is 0 Å². The third-order valence-electron chi connectivity index (χ3n) is 2.92. The Balaban J connectivity index is 2.22. The summed E-state index contributed by atoms with van der Waals surface area (Å²) in [6.07, 6.45) is 5.33. The number of hydrogen-bond donors (Lipinski definition) is 0. The van der Waals surface area contributed by atoms with Gasteiger partial charge in [-0.25, -0.2) is 0 Å². The van der Waals surface area contributed by atoms with Crippen molar-refractivity contribution in [3.63, 3.8) is 0 Å². The van der Waals surface area contributed by atoms with Gasteiger partial charge in [0.15, 0.2) is 0 Å². The molecule has 0 aliphatic carbocycles. The van der Waals surface area contributed by atoms with Crippen molar-refractivity contribution in [2.75, 3.05) is 30.5 Å². The first-order valence-electron chi connectivity index (χ1n) is 5.76. The normalized spacial score (nSPS) is 24.0. The van der Waals surface area contributed by atoms with Crippen LogP contribution in [0, 0.1) is 0 Å². The van der Waals surface area contributed by atoms with Gasteiger partial charge in [-0.05, 0) is 31.6 Å². The summed E-state index contributed by atoms with van der Waals surface area (Å²) in [5, 5.41) is 0. The predicted molar refractivity (Wildman–Crippen MR) is 67.5 cm³/mol. The molecule has 1 rings (SSSR count). The van der Waals surface area contributed by atoms with Crippen LogP contribution in [0.15, 0.2) is 0 Å². The Morgan fingerprint density at radius 2 is 2.29 bits per heavy atom. The van der Waals surface area contributed by atoms with Crippen LogP contribution in [0.3, 0.4) is 0 Å². The number of piperidine rings is 1. The zero-order valence-corrected chi connectivity index (χ0v) is 10.7. The molecule has 0 aromatic heterocycles. The summed E-state index contributed by atoms with van der Waals surface area (Å²) in [5.41, 5.74) is 0. The lowest BCUT2D eigenvalue weighted by molar-refractivity contribution is 0.154. The minimum Gasteiger partial charge on any atom is -0.300 e. The molecular formula is C11H22ClNS. The number of likely N-dealkylation sites (tertiary alicyclic amines) is 1. The molecule has 1 unspecified atom stereocenters. The molecule has 84 valence electrons. The Morgan fingerprint density at radius 1 is 1.43 bits per heavy atom. The fourth-order valence-electron chi connectivity index (χ4n) is 2.13. The third-order valence-corrected chi connectivity index (χ3v) is 4.02. The Kier molecular flexibility index (Phi) is 7.09. The van der Waals surface area contributed by atoms with Crippen molar-refractivity contribution < 1.29 is 0 Å². The van der Waals surface area contributed by atoms with Crippen LogP contribution in [0.25, 0.3) is 0 Å². The van der Waals surface area contributed by atoms with E-state index in [1.165, 1.54) is 50.3 Å². The largest absolute Gasteiger partial charge is 0.300 e. The molecule has 1 fully saturated rings. The van der Waals surface area contributed by atoms with Crippen LogP contribution >= 0.6 is 23.4 Å². The molecule has 3 heteroatoms. The average Bonchev–Trinajstić information content (AvgIpc) is 2.21. The van der Waals surface area contributed by atoms with Crippen LogP contribution in [0.5, 0.6) is 0 Å². The Labute approximate surface area is 97.6 Å². The van der Waals surface area contributed by atoms with E-state index in [2.05, 4.69) is 11.8 Å². The number of alkyl halides is 1. The predicted octanol–water partition coefficient (Wildman–Crippen LogP) is 3.22. The summed E-state index contributed by atoms with van der Waals surface area (Å²) in [6, 6.07) is 0.777. The number of rotatable bonds is 6. The second-order valence-corrected chi connectivity index (χ2v) is 5.63. The van der Waals surface area contributed by atoms with Crippen LogP contribution in [0.2, 0.25) is 0 Å². The molecule has 14 heavy (non-hydrogen) atoms. The van der Waals surface area contributed by atoms with Gasteiger partial charge in [-0.15, -0.1) is 11.6 Å². The minimum atomic E-state index is 0.777. The van der Waals surface area contributed by atoms with Gasteiger partial charge in [-0.2, -0.15) is 11.8 Å². The molecule has 1 atom stereocenters. The van der Waals surface area contributed by atoms with Crippen molar-refractivity contribution >= 4 is 23.4 Å². The Hall–Kier alpha value is 0.600. The summed E-state index contributed by atoms with van der Waals surface area (Å²) < 4.78 is 0. The summed E-state index contributed by atoms with van der Waals surface area (Å²) in [7, 11) is 0. The van der Waals surface area contributed by atoms with Gasteiger partial charge in [0.25, 0.3) is 0 Å². The fraction of sp³-hybridized carbons (Fsp3) is 1.00. The molecule has 1 aliphatic heterocycles. The smallest absolute Gasteiger partial charge is 0.0238 e. The number of nitrogens with zero attached hydrogens (tertiary/aromatic N) is 1. The van der Waals surface area contributed by atoms with E-state index in [1.54, 1.807) is 0 Å². The quantitative estimate of drug-likeness (QED) is 0.514. The topological polar surface area (TPSA) is 3.24 Å².